The van der Waals surface area contributed by atoms with Gasteiger partial charge in [0.05, 0.1) is 11.0 Å². The molecule has 158 valence electrons. The van der Waals surface area contributed by atoms with Crippen LogP contribution in [0.25, 0.3) is 0 Å². The van der Waals surface area contributed by atoms with Crippen LogP contribution >= 0.6 is 0 Å². The summed E-state index contributed by atoms with van der Waals surface area (Å²) in [4.78, 5) is 8.91. The van der Waals surface area contributed by atoms with Crippen molar-refractivity contribution < 1.29 is 13.5 Å². The molecule has 9 nitrogen and oxygen atoms in total. The third-order valence-electron chi connectivity index (χ3n) is 5.02. The number of aliphatic hydroxyl groups excluding tert-OH is 1. The third kappa shape index (κ3) is 4.60. The zero-order valence-corrected chi connectivity index (χ0v) is 17.4. The zero-order chi connectivity index (χ0) is 21.1. The quantitative estimate of drug-likeness (QED) is 0.441. The van der Waals surface area contributed by atoms with Crippen LogP contribution in [0.1, 0.15) is 31.4 Å². The van der Waals surface area contributed by atoms with Gasteiger partial charge in [-0.3, -0.25) is 5.10 Å². The van der Waals surface area contributed by atoms with Gasteiger partial charge in [-0.1, -0.05) is 18.2 Å². The Labute approximate surface area is 174 Å². The Morgan fingerprint density at radius 1 is 1.03 bits per heavy atom. The second-order valence-electron chi connectivity index (χ2n) is 7.44. The number of anilines is 3. The first kappa shape index (κ1) is 20.3. The lowest BCUT2D eigenvalue weighted by atomic mass is 9.93. The average Bonchev–Trinajstić information content (AvgIpc) is 3.15. The number of aliphatic hydroxyl groups is 1. The summed E-state index contributed by atoms with van der Waals surface area (Å²) in [6, 6.07) is 11.5. The molecule has 0 saturated heterocycles. The number of benzene rings is 1. The van der Waals surface area contributed by atoms with Crippen LogP contribution in [0, 0.1) is 6.92 Å². The van der Waals surface area contributed by atoms with E-state index in [0.29, 0.717) is 24.5 Å². The number of nitrogens with zero attached hydrogens (tertiary/aromatic N) is 3. The molecule has 10 heteroatoms. The first-order valence-corrected chi connectivity index (χ1v) is 11.3. The van der Waals surface area contributed by atoms with E-state index >= 15 is 0 Å². The third-order valence-corrected chi connectivity index (χ3v) is 6.68. The van der Waals surface area contributed by atoms with Crippen LogP contribution in [0.15, 0.2) is 52.4 Å². The maximum absolute atomic E-state index is 13.1. The lowest BCUT2D eigenvalue weighted by molar-refractivity contribution is 0.126. The normalized spacial score (nSPS) is 19.4. The maximum atomic E-state index is 13.1. The van der Waals surface area contributed by atoms with Crippen LogP contribution in [0.2, 0.25) is 0 Å². The van der Waals surface area contributed by atoms with Crippen LogP contribution in [0.5, 0.6) is 0 Å². The van der Waals surface area contributed by atoms with Gasteiger partial charge in [0.25, 0.3) is 0 Å². The molecular weight excluding hydrogens is 404 g/mol. The number of aryl methyl sites for hydroxylation is 1. The van der Waals surface area contributed by atoms with E-state index in [1.54, 1.807) is 24.3 Å². The number of rotatable bonds is 6. The summed E-state index contributed by atoms with van der Waals surface area (Å²) in [5, 5.41) is 22.8. The average molecular weight is 429 g/mol. The molecule has 0 unspecified atom stereocenters. The van der Waals surface area contributed by atoms with Gasteiger partial charge in [-0.2, -0.15) is 10.1 Å². The Morgan fingerprint density at radius 2 is 1.77 bits per heavy atom. The minimum absolute atomic E-state index is 0.0727. The van der Waals surface area contributed by atoms with E-state index in [-0.39, 0.29) is 28.0 Å². The molecule has 0 bridgehead atoms. The fraction of sp³-hybridized carbons (Fsp3) is 0.350. The lowest BCUT2D eigenvalue weighted by Crippen LogP contribution is -2.29. The van der Waals surface area contributed by atoms with E-state index < -0.39 is 9.84 Å². The molecule has 0 spiro atoms. The van der Waals surface area contributed by atoms with E-state index in [1.165, 1.54) is 18.2 Å². The molecule has 30 heavy (non-hydrogen) atoms. The molecule has 1 fully saturated rings. The Balaban J connectivity index is 1.68. The van der Waals surface area contributed by atoms with E-state index in [0.717, 1.165) is 18.5 Å². The van der Waals surface area contributed by atoms with Gasteiger partial charge in [-0.25, -0.2) is 13.4 Å². The van der Waals surface area contributed by atoms with E-state index in [2.05, 4.69) is 30.8 Å². The summed E-state index contributed by atoms with van der Waals surface area (Å²) >= 11 is 0. The largest absolute Gasteiger partial charge is 0.393 e. The highest BCUT2D eigenvalue weighted by Gasteiger charge is 2.24. The zero-order valence-electron chi connectivity index (χ0n) is 16.5. The molecule has 1 aliphatic rings. The predicted octanol–water partition coefficient (Wildman–Crippen LogP) is 2.80. The molecule has 2 heterocycles. The Bertz CT molecular complexity index is 1110. The van der Waals surface area contributed by atoms with Crippen molar-refractivity contribution in [2.24, 2.45) is 0 Å². The number of aromatic nitrogens is 4. The van der Waals surface area contributed by atoms with Crippen molar-refractivity contribution in [3.63, 3.8) is 0 Å². The van der Waals surface area contributed by atoms with Gasteiger partial charge in [0.2, 0.25) is 15.8 Å². The molecule has 1 aromatic carbocycles. The SMILES string of the molecule is Cc1cc(Nc2cc(S(=O)(=O)c3ccccc3)nc(NC3CCC(O)CC3)n2)n[nH]1. The lowest BCUT2D eigenvalue weighted by Gasteiger charge is -2.26. The Hall–Kier alpha value is -2.98. The fourth-order valence-corrected chi connectivity index (χ4v) is 4.66. The highest BCUT2D eigenvalue weighted by Crippen LogP contribution is 2.26. The first-order chi connectivity index (χ1) is 14.4. The van der Waals surface area contributed by atoms with Gasteiger partial charge in [0.1, 0.15) is 5.82 Å². The minimum Gasteiger partial charge on any atom is -0.393 e. The summed E-state index contributed by atoms with van der Waals surface area (Å²) in [6.07, 6.45) is 2.63. The number of hydrogen-bond donors (Lipinski definition) is 4. The van der Waals surface area contributed by atoms with E-state index in [1.807, 2.05) is 6.92 Å². The standard InChI is InChI=1S/C20H24N6O3S/c1-13-11-18(26-25-13)22-17-12-19(30(28,29)16-5-3-2-4-6-16)24-20(23-17)21-14-7-9-15(27)10-8-14/h2-6,11-12,14-15,27H,7-10H2,1H3,(H3,21,22,23,24,25,26). The molecule has 3 aromatic rings. The van der Waals surface area contributed by atoms with Gasteiger partial charge in [0.15, 0.2) is 10.8 Å². The predicted molar refractivity (Wildman–Crippen MR) is 112 cm³/mol. The highest BCUT2D eigenvalue weighted by molar-refractivity contribution is 7.91. The summed E-state index contributed by atoms with van der Waals surface area (Å²) in [5.74, 6) is 1.08. The first-order valence-electron chi connectivity index (χ1n) is 9.83. The molecule has 1 saturated carbocycles. The summed E-state index contributed by atoms with van der Waals surface area (Å²) in [7, 11) is -3.82. The molecule has 1 aliphatic carbocycles. The summed E-state index contributed by atoms with van der Waals surface area (Å²) in [5.41, 5.74) is 0.864. The molecule has 4 rings (SSSR count). The fourth-order valence-electron chi connectivity index (χ4n) is 3.43. The maximum Gasteiger partial charge on any atom is 0.226 e. The van der Waals surface area contributed by atoms with Crippen molar-refractivity contribution in [1.82, 2.24) is 20.2 Å². The van der Waals surface area contributed by atoms with Gasteiger partial charge in [-0.05, 0) is 44.7 Å². The van der Waals surface area contributed by atoms with Crippen molar-refractivity contribution in [1.29, 1.82) is 0 Å². The highest BCUT2D eigenvalue weighted by atomic mass is 32.2. The minimum atomic E-state index is -3.82. The number of sulfone groups is 1. The number of H-pyrrole nitrogens is 1. The van der Waals surface area contributed by atoms with Crippen molar-refractivity contribution in [3.05, 3.63) is 48.2 Å². The van der Waals surface area contributed by atoms with Crippen LogP contribution < -0.4 is 10.6 Å². The second-order valence-corrected chi connectivity index (χ2v) is 9.34. The molecule has 0 amide bonds. The smallest absolute Gasteiger partial charge is 0.226 e. The molecule has 0 atom stereocenters. The van der Waals surface area contributed by atoms with E-state index in [9.17, 15) is 13.5 Å². The van der Waals surface area contributed by atoms with Crippen molar-refractivity contribution in [2.45, 2.75) is 54.7 Å². The number of hydrogen-bond acceptors (Lipinski definition) is 8. The van der Waals surface area contributed by atoms with Crippen LogP contribution in [-0.2, 0) is 9.84 Å². The van der Waals surface area contributed by atoms with Crippen molar-refractivity contribution in [2.75, 3.05) is 10.6 Å². The molecule has 2 aromatic heterocycles. The second kappa shape index (κ2) is 8.41. The van der Waals surface area contributed by atoms with Crippen LogP contribution in [0.3, 0.4) is 0 Å². The number of nitrogens with one attached hydrogen (secondary N) is 3. The van der Waals surface area contributed by atoms with E-state index in [4.69, 9.17) is 0 Å². The summed E-state index contributed by atoms with van der Waals surface area (Å²) in [6.45, 7) is 1.87. The van der Waals surface area contributed by atoms with Gasteiger partial charge >= 0.3 is 0 Å². The van der Waals surface area contributed by atoms with Crippen LogP contribution in [0.4, 0.5) is 17.6 Å². The van der Waals surface area contributed by atoms with Crippen LogP contribution in [-0.4, -0.2) is 45.8 Å². The molecule has 0 aliphatic heterocycles. The van der Waals surface area contributed by atoms with Gasteiger partial charge < -0.3 is 15.7 Å². The van der Waals surface area contributed by atoms with Gasteiger partial charge in [-0.15, -0.1) is 0 Å². The monoisotopic (exact) mass is 428 g/mol. The topological polar surface area (TPSA) is 133 Å². The Morgan fingerprint density at radius 3 is 2.43 bits per heavy atom. The molecule has 0 radical (unpaired) electrons. The molecule has 4 N–H and O–H groups in total. The van der Waals surface area contributed by atoms with Gasteiger partial charge in [0, 0.05) is 23.9 Å². The number of aromatic amines is 1. The van der Waals surface area contributed by atoms with Crippen molar-refractivity contribution >= 4 is 27.4 Å². The Kier molecular flexibility index (Phi) is 5.69. The summed E-state index contributed by atoms with van der Waals surface area (Å²) < 4.78 is 26.3. The molecular formula is C20H24N6O3S. The van der Waals surface area contributed by atoms with Crippen molar-refractivity contribution in [3.8, 4) is 0 Å².